The van der Waals surface area contributed by atoms with E-state index in [0.29, 0.717) is 12.1 Å². The number of nitrogens with one attached hydrogen (secondary N) is 2. The minimum absolute atomic E-state index is 0.277. The van der Waals surface area contributed by atoms with Gasteiger partial charge in [0.25, 0.3) is 0 Å². The van der Waals surface area contributed by atoms with Crippen molar-refractivity contribution in [1.29, 1.82) is 0 Å². The van der Waals surface area contributed by atoms with Gasteiger partial charge in [0.2, 0.25) is 10.0 Å². The monoisotopic (exact) mass is 286 g/mol. The molecule has 1 aromatic rings. The molecule has 0 heterocycles. The molecule has 0 aliphatic heterocycles. The van der Waals surface area contributed by atoms with Gasteiger partial charge in [-0.15, -0.1) is 0 Å². The maximum atomic E-state index is 13.9. The smallest absolute Gasteiger partial charge is 0.243 e. The van der Waals surface area contributed by atoms with Crippen LogP contribution in [0.5, 0.6) is 0 Å². The van der Waals surface area contributed by atoms with Crippen molar-refractivity contribution in [3.8, 4) is 0 Å². The van der Waals surface area contributed by atoms with Crippen molar-refractivity contribution in [3.05, 3.63) is 29.6 Å². The molecule has 0 spiro atoms. The van der Waals surface area contributed by atoms with E-state index in [1.54, 1.807) is 13.1 Å². The maximum absolute atomic E-state index is 13.9. The summed E-state index contributed by atoms with van der Waals surface area (Å²) in [6, 6.07) is 4.21. The summed E-state index contributed by atoms with van der Waals surface area (Å²) in [6.07, 6.45) is 2.60. The van der Waals surface area contributed by atoms with Crippen LogP contribution in [-0.4, -0.2) is 21.0 Å². The molecular weight excluding hydrogens is 267 g/mol. The lowest BCUT2D eigenvalue weighted by atomic mass is 9.80. The lowest BCUT2D eigenvalue weighted by molar-refractivity contribution is 0.247. The first-order valence-electron chi connectivity index (χ1n) is 6.33. The lowest BCUT2D eigenvalue weighted by Crippen LogP contribution is -2.50. The first-order chi connectivity index (χ1) is 8.86. The van der Waals surface area contributed by atoms with Crippen LogP contribution < -0.4 is 10.0 Å². The molecule has 0 bridgehead atoms. The van der Waals surface area contributed by atoms with Crippen LogP contribution in [0.3, 0.4) is 0 Å². The van der Waals surface area contributed by atoms with Gasteiger partial charge in [-0.25, -0.2) is 17.5 Å². The van der Waals surface area contributed by atoms with Gasteiger partial charge in [0.1, 0.15) is 10.7 Å². The van der Waals surface area contributed by atoms with Crippen molar-refractivity contribution in [2.45, 2.75) is 43.2 Å². The normalized spacial score (nSPS) is 18.1. The van der Waals surface area contributed by atoms with Gasteiger partial charge in [0, 0.05) is 12.1 Å². The third-order valence-corrected chi connectivity index (χ3v) is 5.18. The largest absolute Gasteiger partial charge is 0.316 e. The van der Waals surface area contributed by atoms with E-state index in [1.165, 1.54) is 12.1 Å². The van der Waals surface area contributed by atoms with Crippen molar-refractivity contribution >= 4 is 10.0 Å². The summed E-state index contributed by atoms with van der Waals surface area (Å²) in [6.45, 7) is 2.35. The molecule has 0 unspecified atom stereocenters. The van der Waals surface area contributed by atoms with E-state index in [9.17, 15) is 12.8 Å². The van der Waals surface area contributed by atoms with Crippen LogP contribution in [0, 0.1) is 5.82 Å². The van der Waals surface area contributed by atoms with Gasteiger partial charge in [-0.05, 0) is 50.9 Å². The summed E-state index contributed by atoms with van der Waals surface area (Å²) >= 11 is 0. The number of sulfonamides is 1. The van der Waals surface area contributed by atoms with Crippen molar-refractivity contribution in [2.24, 2.45) is 0 Å². The van der Waals surface area contributed by atoms with Crippen LogP contribution in [0.4, 0.5) is 4.39 Å². The van der Waals surface area contributed by atoms with Crippen molar-refractivity contribution in [3.63, 3.8) is 0 Å². The number of rotatable bonds is 5. The molecule has 1 aliphatic rings. The molecule has 1 aromatic carbocycles. The molecule has 0 aromatic heterocycles. The molecule has 0 saturated heterocycles. The highest BCUT2D eigenvalue weighted by Crippen LogP contribution is 2.33. The summed E-state index contributed by atoms with van der Waals surface area (Å²) in [7, 11) is -2.04. The second-order valence-corrected chi connectivity index (χ2v) is 6.97. The van der Waals surface area contributed by atoms with E-state index in [2.05, 4.69) is 10.0 Å². The van der Waals surface area contributed by atoms with Gasteiger partial charge in [-0.3, -0.25) is 0 Å². The Kier molecular flexibility index (Phi) is 3.94. The highest BCUT2D eigenvalue weighted by Gasteiger charge is 2.36. The van der Waals surface area contributed by atoms with Crippen molar-refractivity contribution < 1.29 is 12.8 Å². The quantitative estimate of drug-likeness (QED) is 0.867. The van der Waals surface area contributed by atoms with Crippen molar-refractivity contribution in [2.75, 3.05) is 7.05 Å². The molecule has 1 aliphatic carbocycles. The second kappa shape index (κ2) is 5.19. The highest BCUT2D eigenvalue weighted by molar-refractivity contribution is 7.89. The Bertz CT molecular complexity index is 568. The van der Waals surface area contributed by atoms with Gasteiger partial charge in [-0.1, -0.05) is 6.07 Å². The lowest BCUT2D eigenvalue weighted by Gasteiger charge is -2.38. The summed E-state index contributed by atoms with van der Waals surface area (Å²) in [5, 5.41) is 2.89. The molecule has 2 rings (SSSR count). The fourth-order valence-corrected chi connectivity index (χ4v) is 3.79. The Morgan fingerprint density at radius 1 is 1.37 bits per heavy atom. The minimum Gasteiger partial charge on any atom is -0.316 e. The Morgan fingerprint density at radius 3 is 2.53 bits per heavy atom. The third-order valence-electron chi connectivity index (χ3n) is 3.50. The van der Waals surface area contributed by atoms with Gasteiger partial charge in [0.15, 0.2) is 0 Å². The van der Waals surface area contributed by atoms with E-state index in [1.807, 2.05) is 6.92 Å². The average molecular weight is 286 g/mol. The summed E-state index contributed by atoms with van der Waals surface area (Å²) in [5.41, 5.74) is 0.295. The molecule has 6 heteroatoms. The third kappa shape index (κ3) is 3.13. The Morgan fingerprint density at radius 2 is 2.05 bits per heavy atom. The molecule has 2 N–H and O–H groups in total. The van der Waals surface area contributed by atoms with E-state index < -0.39 is 21.4 Å². The molecule has 19 heavy (non-hydrogen) atoms. The van der Waals surface area contributed by atoms with E-state index in [-0.39, 0.29) is 4.90 Å². The van der Waals surface area contributed by atoms with Gasteiger partial charge >= 0.3 is 0 Å². The number of hydrogen-bond acceptors (Lipinski definition) is 3. The van der Waals surface area contributed by atoms with Crippen LogP contribution in [0.15, 0.2) is 23.1 Å². The molecule has 1 saturated carbocycles. The standard InChI is InChI=1S/C13H19FN2O2S/c1-13(6-3-7-13)16-19(17,18)12-5-4-10(9-15-2)8-11(12)14/h4-5,8,15-16H,3,6-7,9H2,1-2H3. The maximum Gasteiger partial charge on any atom is 0.243 e. The predicted octanol–water partition coefficient (Wildman–Crippen LogP) is 1.77. The fourth-order valence-electron chi connectivity index (χ4n) is 2.26. The van der Waals surface area contributed by atoms with Crippen molar-refractivity contribution in [1.82, 2.24) is 10.0 Å². The van der Waals surface area contributed by atoms with Crippen LogP contribution in [0.25, 0.3) is 0 Å². The Balaban J connectivity index is 2.25. The van der Waals surface area contributed by atoms with Gasteiger partial charge < -0.3 is 5.32 Å². The first-order valence-corrected chi connectivity index (χ1v) is 7.82. The second-order valence-electron chi connectivity index (χ2n) is 5.31. The van der Waals surface area contributed by atoms with Crippen LogP contribution in [-0.2, 0) is 16.6 Å². The molecule has 0 amide bonds. The highest BCUT2D eigenvalue weighted by atomic mass is 32.2. The van der Waals surface area contributed by atoms with Crippen LogP contribution in [0.2, 0.25) is 0 Å². The van der Waals surface area contributed by atoms with E-state index in [4.69, 9.17) is 0 Å². The van der Waals surface area contributed by atoms with Gasteiger partial charge in [0.05, 0.1) is 0 Å². The Hall–Kier alpha value is -0.980. The topological polar surface area (TPSA) is 58.2 Å². The Labute approximate surface area is 113 Å². The zero-order valence-electron chi connectivity index (χ0n) is 11.2. The molecule has 1 fully saturated rings. The summed E-state index contributed by atoms with van der Waals surface area (Å²) in [5.74, 6) is -0.705. The number of benzene rings is 1. The number of hydrogen-bond donors (Lipinski definition) is 2. The molecule has 0 atom stereocenters. The zero-order chi connectivity index (χ0) is 14.1. The van der Waals surface area contributed by atoms with E-state index in [0.717, 1.165) is 19.3 Å². The van der Waals surface area contributed by atoms with E-state index >= 15 is 0 Å². The summed E-state index contributed by atoms with van der Waals surface area (Å²) < 4.78 is 40.8. The van der Waals surface area contributed by atoms with Crippen LogP contribution in [0.1, 0.15) is 31.7 Å². The number of halogens is 1. The van der Waals surface area contributed by atoms with Gasteiger partial charge in [-0.2, -0.15) is 0 Å². The predicted molar refractivity (Wildman–Crippen MR) is 71.7 cm³/mol. The average Bonchev–Trinajstić information content (AvgIpc) is 2.26. The minimum atomic E-state index is -3.79. The fraction of sp³-hybridized carbons (Fsp3) is 0.538. The molecular formula is C13H19FN2O2S. The SMILES string of the molecule is CNCc1ccc(S(=O)(=O)NC2(C)CCC2)c(F)c1. The molecule has 4 nitrogen and oxygen atoms in total. The summed E-state index contributed by atoms with van der Waals surface area (Å²) in [4.78, 5) is -0.277. The van der Waals surface area contributed by atoms with Crippen LogP contribution >= 0.6 is 0 Å². The zero-order valence-corrected chi connectivity index (χ0v) is 12.0. The molecule has 0 radical (unpaired) electrons. The first kappa shape index (κ1) is 14.4. The molecule has 106 valence electrons.